The molecule has 0 aromatic heterocycles. The summed E-state index contributed by atoms with van der Waals surface area (Å²) in [6.07, 6.45) is 0. The monoisotopic (exact) mass is 371 g/mol. The molecule has 1 aliphatic rings. The Labute approximate surface area is 154 Å². The van der Waals surface area contributed by atoms with Crippen LogP contribution in [0.1, 0.15) is 18.1 Å². The van der Waals surface area contributed by atoms with E-state index in [9.17, 15) is 18.4 Å². The van der Waals surface area contributed by atoms with E-state index in [-0.39, 0.29) is 18.7 Å². The second-order valence-electron chi connectivity index (χ2n) is 6.12. The zero-order valence-electron chi connectivity index (χ0n) is 14.3. The summed E-state index contributed by atoms with van der Waals surface area (Å²) >= 11 is 0. The minimum atomic E-state index is -1.70. The summed E-state index contributed by atoms with van der Waals surface area (Å²) in [5, 5.41) is 11.2. The molecule has 0 bridgehead atoms. The molecule has 3 amide bonds. The maximum Gasteiger partial charge on any atom is 0.325 e. The van der Waals surface area contributed by atoms with E-state index in [1.165, 1.54) is 6.92 Å². The highest BCUT2D eigenvalue weighted by Crippen LogP contribution is 2.31. The molecule has 2 aromatic carbocycles. The van der Waals surface area contributed by atoms with Crippen LogP contribution in [0, 0.1) is 23.0 Å². The van der Waals surface area contributed by atoms with Crippen molar-refractivity contribution in [3.05, 3.63) is 65.2 Å². The van der Waals surface area contributed by atoms with Crippen molar-refractivity contribution in [3.8, 4) is 11.8 Å². The van der Waals surface area contributed by atoms with E-state index in [2.05, 4.69) is 5.32 Å². The van der Waals surface area contributed by atoms with Crippen molar-refractivity contribution in [2.45, 2.75) is 12.5 Å². The number of urea groups is 1. The van der Waals surface area contributed by atoms with Gasteiger partial charge in [0.05, 0.1) is 18.2 Å². The highest BCUT2D eigenvalue weighted by atomic mass is 19.1. The van der Waals surface area contributed by atoms with Gasteiger partial charge in [0.15, 0.2) is 0 Å². The van der Waals surface area contributed by atoms with Gasteiger partial charge in [-0.25, -0.2) is 13.6 Å². The lowest BCUT2D eigenvalue weighted by atomic mass is 9.91. The topological polar surface area (TPSA) is 82.4 Å². The molecule has 0 unspecified atom stereocenters. The number of imide groups is 1. The van der Waals surface area contributed by atoms with E-state index >= 15 is 0 Å². The lowest BCUT2D eigenvalue weighted by Crippen LogP contribution is -2.42. The number of nitrogens with zero attached hydrogens (tertiary/aromatic N) is 2. The van der Waals surface area contributed by atoms with Gasteiger partial charge in [0.25, 0.3) is 5.91 Å². The summed E-state index contributed by atoms with van der Waals surface area (Å²) in [4.78, 5) is 25.8. The lowest BCUT2D eigenvalue weighted by Gasteiger charge is -2.22. The first-order chi connectivity index (χ1) is 12.8. The van der Waals surface area contributed by atoms with Crippen LogP contribution in [0.4, 0.5) is 13.6 Å². The van der Waals surface area contributed by atoms with Crippen molar-refractivity contribution in [1.82, 2.24) is 10.2 Å². The Hall–Kier alpha value is -3.47. The minimum Gasteiger partial charge on any atom is -0.492 e. The molecule has 2 aromatic rings. The fourth-order valence-electron chi connectivity index (χ4n) is 2.84. The highest BCUT2D eigenvalue weighted by Gasteiger charge is 2.50. The SMILES string of the molecule is C[C@]1(c2cc(F)ccc2F)NC(=O)N(CCOc2ccc(C#N)cc2)C1=O. The molecule has 1 N–H and O–H groups in total. The van der Waals surface area contributed by atoms with Crippen LogP contribution in [0.3, 0.4) is 0 Å². The molecule has 0 aliphatic carbocycles. The number of benzene rings is 2. The molecular weight excluding hydrogens is 356 g/mol. The van der Waals surface area contributed by atoms with Gasteiger partial charge in [-0.15, -0.1) is 0 Å². The normalized spacial score (nSPS) is 19.0. The van der Waals surface area contributed by atoms with Crippen LogP contribution >= 0.6 is 0 Å². The van der Waals surface area contributed by atoms with Gasteiger partial charge < -0.3 is 10.1 Å². The molecule has 1 aliphatic heterocycles. The third-order valence-corrected chi connectivity index (χ3v) is 4.31. The van der Waals surface area contributed by atoms with E-state index in [1.54, 1.807) is 24.3 Å². The van der Waals surface area contributed by atoms with Crippen molar-refractivity contribution < 1.29 is 23.1 Å². The van der Waals surface area contributed by atoms with Crippen molar-refractivity contribution in [2.75, 3.05) is 13.2 Å². The molecule has 6 nitrogen and oxygen atoms in total. The summed E-state index contributed by atoms with van der Waals surface area (Å²) < 4.78 is 33.0. The Bertz CT molecular complexity index is 940. The van der Waals surface area contributed by atoms with Gasteiger partial charge in [-0.3, -0.25) is 9.69 Å². The average molecular weight is 371 g/mol. The predicted octanol–water partition coefficient (Wildman–Crippen LogP) is 2.68. The Morgan fingerprint density at radius 1 is 1.19 bits per heavy atom. The molecule has 8 heteroatoms. The minimum absolute atomic E-state index is 0.00672. The van der Waals surface area contributed by atoms with E-state index in [1.807, 2.05) is 6.07 Å². The number of halogens is 2. The van der Waals surface area contributed by atoms with Gasteiger partial charge >= 0.3 is 6.03 Å². The van der Waals surface area contributed by atoms with Crippen molar-refractivity contribution in [1.29, 1.82) is 5.26 Å². The predicted molar refractivity (Wildman–Crippen MR) is 90.6 cm³/mol. The van der Waals surface area contributed by atoms with Crippen molar-refractivity contribution in [2.24, 2.45) is 0 Å². The molecule has 0 saturated carbocycles. The molecule has 0 spiro atoms. The number of carbonyl (C=O) groups is 2. The van der Waals surface area contributed by atoms with Crippen molar-refractivity contribution in [3.63, 3.8) is 0 Å². The van der Waals surface area contributed by atoms with Crippen LogP contribution in [0.25, 0.3) is 0 Å². The average Bonchev–Trinajstić information content (AvgIpc) is 2.88. The first kappa shape index (κ1) is 18.3. The molecular formula is C19H15F2N3O3. The second kappa shape index (κ2) is 7.03. The lowest BCUT2D eigenvalue weighted by molar-refractivity contribution is -0.131. The maximum atomic E-state index is 14.1. The summed E-state index contributed by atoms with van der Waals surface area (Å²) in [6, 6.07) is 10.3. The molecule has 138 valence electrons. The third-order valence-electron chi connectivity index (χ3n) is 4.31. The smallest absolute Gasteiger partial charge is 0.325 e. The van der Waals surface area contributed by atoms with E-state index in [0.717, 1.165) is 23.1 Å². The zero-order valence-corrected chi connectivity index (χ0v) is 14.3. The molecule has 1 heterocycles. The Kier molecular flexibility index (Phi) is 4.77. The molecule has 1 fully saturated rings. The zero-order chi connectivity index (χ0) is 19.6. The van der Waals surface area contributed by atoms with Crippen molar-refractivity contribution >= 4 is 11.9 Å². The Balaban J connectivity index is 1.70. The fourth-order valence-corrected chi connectivity index (χ4v) is 2.84. The maximum absolute atomic E-state index is 14.1. The summed E-state index contributed by atoms with van der Waals surface area (Å²) in [5.74, 6) is -1.72. The number of nitrogens with one attached hydrogen (secondary N) is 1. The van der Waals surface area contributed by atoms with Gasteiger partial charge in [-0.2, -0.15) is 5.26 Å². The van der Waals surface area contributed by atoms with E-state index in [0.29, 0.717) is 11.3 Å². The summed E-state index contributed by atoms with van der Waals surface area (Å²) in [7, 11) is 0. The van der Waals surface area contributed by atoms with Crippen LogP contribution in [0.5, 0.6) is 5.75 Å². The third kappa shape index (κ3) is 3.44. The molecule has 27 heavy (non-hydrogen) atoms. The molecule has 3 rings (SSSR count). The number of hydrogen-bond acceptors (Lipinski definition) is 4. The van der Waals surface area contributed by atoms with E-state index in [4.69, 9.17) is 10.00 Å². The first-order valence-corrected chi connectivity index (χ1v) is 8.08. The van der Waals surface area contributed by atoms with Gasteiger partial charge in [0, 0.05) is 5.56 Å². The van der Waals surface area contributed by atoms with E-state index < -0.39 is 29.1 Å². The number of hydrogen-bond donors (Lipinski definition) is 1. The first-order valence-electron chi connectivity index (χ1n) is 8.08. The van der Waals surface area contributed by atoms with Crippen LogP contribution in [-0.4, -0.2) is 30.0 Å². The molecule has 0 radical (unpaired) electrons. The number of ether oxygens (including phenoxy) is 1. The van der Waals surface area contributed by atoms with Crippen LogP contribution in [0.15, 0.2) is 42.5 Å². The second-order valence-corrected chi connectivity index (χ2v) is 6.12. The number of amides is 3. The highest BCUT2D eigenvalue weighted by molar-refractivity contribution is 6.07. The van der Waals surface area contributed by atoms with Crippen LogP contribution in [0.2, 0.25) is 0 Å². The Morgan fingerprint density at radius 3 is 2.56 bits per heavy atom. The Morgan fingerprint density at radius 2 is 1.89 bits per heavy atom. The van der Waals surface area contributed by atoms with Crippen LogP contribution in [-0.2, 0) is 10.3 Å². The fraction of sp³-hybridized carbons (Fsp3) is 0.211. The standard InChI is InChI=1S/C19H15F2N3O3/c1-19(15-10-13(20)4-7-16(15)21)17(25)24(18(26)23-19)8-9-27-14-5-2-12(11-22)3-6-14/h2-7,10H,8-9H2,1H3,(H,23,26)/t19-/m1/s1. The largest absolute Gasteiger partial charge is 0.492 e. The van der Waals surface area contributed by atoms with Gasteiger partial charge in [0.1, 0.15) is 29.5 Å². The number of nitriles is 1. The molecule has 1 saturated heterocycles. The summed E-state index contributed by atoms with van der Waals surface area (Å²) in [6.45, 7) is 1.26. The quantitative estimate of drug-likeness (QED) is 0.820. The number of rotatable bonds is 5. The van der Waals surface area contributed by atoms with Gasteiger partial charge in [0.2, 0.25) is 0 Å². The van der Waals surface area contributed by atoms with Gasteiger partial charge in [-0.1, -0.05) is 0 Å². The molecule has 1 atom stereocenters. The summed E-state index contributed by atoms with van der Waals surface area (Å²) in [5.41, 5.74) is -1.46. The van der Waals surface area contributed by atoms with Gasteiger partial charge in [-0.05, 0) is 49.4 Å². The number of carbonyl (C=O) groups excluding carboxylic acids is 2. The van der Waals surface area contributed by atoms with Crippen LogP contribution < -0.4 is 10.1 Å².